The summed E-state index contributed by atoms with van der Waals surface area (Å²) < 4.78 is 0. The third-order valence-corrected chi connectivity index (χ3v) is 3.07. The Bertz CT molecular complexity index is 707. The van der Waals surface area contributed by atoms with Crippen molar-refractivity contribution in [3.8, 4) is 11.5 Å². The number of aromatic hydroxyl groups is 2. The number of nitrogens with zero attached hydrogens (tertiary/aromatic N) is 1. The molecule has 0 radical (unpaired) electrons. The van der Waals surface area contributed by atoms with E-state index in [4.69, 9.17) is 5.11 Å². The molecule has 0 saturated heterocycles. The van der Waals surface area contributed by atoms with Gasteiger partial charge in [0.2, 0.25) is 0 Å². The Morgan fingerprint density at radius 2 is 1.86 bits per heavy atom. The molecule has 2 aromatic carbocycles. The first-order chi connectivity index (χ1) is 10.0. The quantitative estimate of drug-likeness (QED) is 0.753. The summed E-state index contributed by atoms with van der Waals surface area (Å²) in [6.07, 6.45) is 2.14. The molecule has 2 aromatic rings. The molecule has 0 spiro atoms. The van der Waals surface area contributed by atoms with Crippen LogP contribution in [0.5, 0.6) is 11.5 Å². The number of phenols is 2. The molecular weight excluding hydrogens is 270 g/mol. The molecule has 0 heterocycles. The number of rotatable bonds is 4. The minimum Gasteiger partial charge on any atom is -0.507 e. The molecule has 0 saturated carbocycles. The van der Waals surface area contributed by atoms with Gasteiger partial charge >= 0.3 is 5.97 Å². The second-order valence-corrected chi connectivity index (χ2v) is 4.51. The van der Waals surface area contributed by atoms with Crippen LogP contribution >= 0.6 is 0 Å². The second kappa shape index (κ2) is 6.09. The van der Waals surface area contributed by atoms with E-state index in [1.165, 1.54) is 24.4 Å². The number of carboxylic acids is 1. The lowest BCUT2D eigenvalue weighted by Gasteiger charge is -2.03. The van der Waals surface area contributed by atoms with Crippen LogP contribution in [0.15, 0.2) is 41.4 Å². The number of aryl methyl sites for hydroxylation is 1. The highest BCUT2D eigenvalue weighted by Crippen LogP contribution is 2.28. The maximum Gasteiger partial charge on any atom is 0.335 e. The van der Waals surface area contributed by atoms with Crippen molar-refractivity contribution in [3.05, 3.63) is 53.1 Å². The van der Waals surface area contributed by atoms with Gasteiger partial charge in [-0.2, -0.15) is 0 Å². The second-order valence-electron chi connectivity index (χ2n) is 4.51. The molecule has 5 heteroatoms. The Labute approximate surface area is 121 Å². The summed E-state index contributed by atoms with van der Waals surface area (Å²) >= 11 is 0. The van der Waals surface area contributed by atoms with Crippen LogP contribution in [0.2, 0.25) is 0 Å². The van der Waals surface area contributed by atoms with Gasteiger partial charge in [-0.15, -0.1) is 0 Å². The number of hydrogen-bond acceptors (Lipinski definition) is 4. The summed E-state index contributed by atoms with van der Waals surface area (Å²) in [6.45, 7) is 1.99. The van der Waals surface area contributed by atoms with E-state index in [0.29, 0.717) is 5.69 Å². The van der Waals surface area contributed by atoms with Crippen LogP contribution in [-0.4, -0.2) is 27.5 Å². The van der Waals surface area contributed by atoms with Crippen molar-refractivity contribution in [1.82, 2.24) is 0 Å². The fourth-order valence-corrected chi connectivity index (χ4v) is 1.82. The molecule has 0 amide bonds. The van der Waals surface area contributed by atoms with E-state index in [1.807, 2.05) is 6.92 Å². The highest BCUT2D eigenvalue weighted by atomic mass is 16.4. The molecule has 5 nitrogen and oxygen atoms in total. The van der Waals surface area contributed by atoms with Crippen molar-refractivity contribution >= 4 is 17.9 Å². The SMILES string of the molecule is CCc1ccc(O)c(/N=C/c2cc(C(=O)O)ccc2O)c1. The number of hydrogen-bond donors (Lipinski definition) is 3. The van der Waals surface area contributed by atoms with Crippen LogP contribution in [-0.2, 0) is 6.42 Å². The summed E-state index contributed by atoms with van der Waals surface area (Å²) in [5.74, 6) is -1.13. The fraction of sp³-hybridized carbons (Fsp3) is 0.125. The molecule has 3 N–H and O–H groups in total. The monoisotopic (exact) mass is 285 g/mol. The van der Waals surface area contributed by atoms with Crippen molar-refractivity contribution in [2.45, 2.75) is 13.3 Å². The number of carboxylic acid groups (broad SMARTS) is 1. The van der Waals surface area contributed by atoms with Gasteiger partial charge in [-0.1, -0.05) is 13.0 Å². The third kappa shape index (κ3) is 3.39. The highest BCUT2D eigenvalue weighted by Gasteiger charge is 2.07. The van der Waals surface area contributed by atoms with Crippen LogP contribution in [0.25, 0.3) is 0 Å². The summed E-state index contributed by atoms with van der Waals surface area (Å²) in [5, 5.41) is 28.4. The average molecular weight is 285 g/mol. The molecule has 108 valence electrons. The molecule has 21 heavy (non-hydrogen) atoms. The first-order valence-electron chi connectivity index (χ1n) is 6.43. The largest absolute Gasteiger partial charge is 0.507 e. The van der Waals surface area contributed by atoms with Crippen molar-refractivity contribution in [2.24, 2.45) is 4.99 Å². The van der Waals surface area contributed by atoms with Gasteiger partial charge in [0.05, 0.1) is 5.56 Å². The van der Waals surface area contributed by atoms with Crippen LogP contribution in [0, 0.1) is 0 Å². The maximum absolute atomic E-state index is 10.9. The number of aromatic carboxylic acids is 1. The molecule has 0 aromatic heterocycles. The van der Waals surface area contributed by atoms with Gasteiger partial charge in [0.1, 0.15) is 17.2 Å². The van der Waals surface area contributed by atoms with Crippen LogP contribution < -0.4 is 0 Å². The molecule has 0 aliphatic carbocycles. The molecule has 0 aliphatic heterocycles. The standard InChI is InChI=1S/C16H15NO4/c1-2-10-3-5-15(19)13(7-10)17-9-12-8-11(16(20)21)4-6-14(12)18/h3-9,18-19H,2H2,1H3,(H,20,21)/b17-9+. The van der Waals surface area contributed by atoms with Crippen molar-refractivity contribution in [2.75, 3.05) is 0 Å². The minimum atomic E-state index is -1.08. The van der Waals surface area contributed by atoms with Gasteiger partial charge in [0, 0.05) is 11.8 Å². The Kier molecular flexibility index (Phi) is 4.23. The number of benzene rings is 2. The molecule has 0 fully saturated rings. The van der Waals surface area contributed by atoms with Crippen LogP contribution in [0.1, 0.15) is 28.4 Å². The maximum atomic E-state index is 10.9. The first kappa shape index (κ1) is 14.6. The lowest BCUT2D eigenvalue weighted by Crippen LogP contribution is -1.97. The summed E-state index contributed by atoms with van der Waals surface area (Å²) in [5.41, 5.74) is 1.72. The predicted molar refractivity (Wildman–Crippen MR) is 79.8 cm³/mol. The van der Waals surface area contributed by atoms with E-state index in [-0.39, 0.29) is 22.6 Å². The van der Waals surface area contributed by atoms with Gasteiger partial charge in [-0.25, -0.2) is 4.79 Å². The molecule has 0 atom stereocenters. The van der Waals surface area contributed by atoms with E-state index < -0.39 is 5.97 Å². The predicted octanol–water partition coefficient (Wildman–Crippen LogP) is 3.11. The lowest BCUT2D eigenvalue weighted by molar-refractivity contribution is 0.0697. The van der Waals surface area contributed by atoms with E-state index in [1.54, 1.807) is 18.2 Å². The van der Waals surface area contributed by atoms with Gasteiger partial charge in [0.25, 0.3) is 0 Å². The van der Waals surface area contributed by atoms with Gasteiger partial charge in [0.15, 0.2) is 0 Å². The Morgan fingerprint density at radius 1 is 1.14 bits per heavy atom. The zero-order valence-corrected chi connectivity index (χ0v) is 11.4. The molecule has 0 unspecified atom stereocenters. The van der Waals surface area contributed by atoms with Crippen molar-refractivity contribution in [3.63, 3.8) is 0 Å². The third-order valence-electron chi connectivity index (χ3n) is 3.07. The van der Waals surface area contributed by atoms with E-state index in [9.17, 15) is 15.0 Å². The Morgan fingerprint density at radius 3 is 2.52 bits per heavy atom. The van der Waals surface area contributed by atoms with Gasteiger partial charge < -0.3 is 15.3 Å². The minimum absolute atomic E-state index is 0.0253. The number of phenolic OH excluding ortho intramolecular Hbond substituents is 2. The summed E-state index contributed by atoms with van der Waals surface area (Å²) in [6, 6.07) is 9.03. The van der Waals surface area contributed by atoms with Gasteiger partial charge in [-0.05, 0) is 42.3 Å². The zero-order valence-electron chi connectivity index (χ0n) is 11.4. The number of aliphatic imine (C=N–C) groups is 1. The first-order valence-corrected chi connectivity index (χ1v) is 6.43. The average Bonchev–Trinajstić information content (AvgIpc) is 2.47. The molecule has 0 bridgehead atoms. The lowest BCUT2D eigenvalue weighted by atomic mass is 10.1. The van der Waals surface area contributed by atoms with E-state index in [0.717, 1.165) is 12.0 Å². The normalized spacial score (nSPS) is 10.9. The van der Waals surface area contributed by atoms with Crippen molar-refractivity contribution < 1.29 is 20.1 Å². The Hall–Kier alpha value is -2.82. The number of carbonyl (C=O) groups is 1. The topological polar surface area (TPSA) is 90.1 Å². The van der Waals surface area contributed by atoms with Crippen LogP contribution in [0.3, 0.4) is 0 Å². The van der Waals surface area contributed by atoms with Crippen molar-refractivity contribution in [1.29, 1.82) is 0 Å². The van der Waals surface area contributed by atoms with E-state index in [2.05, 4.69) is 4.99 Å². The summed E-state index contributed by atoms with van der Waals surface area (Å²) in [7, 11) is 0. The molecular formula is C16H15NO4. The van der Waals surface area contributed by atoms with E-state index >= 15 is 0 Å². The fourth-order valence-electron chi connectivity index (χ4n) is 1.82. The smallest absolute Gasteiger partial charge is 0.335 e. The van der Waals surface area contributed by atoms with Crippen LogP contribution in [0.4, 0.5) is 5.69 Å². The molecule has 0 aliphatic rings. The summed E-state index contributed by atoms with van der Waals surface area (Å²) in [4.78, 5) is 15.0. The zero-order chi connectivity index (χ0) is 15.4. The highest BCUT2D eigenvalue weighted by molar-refractivity contribution is 5.93. The molecule has 2 rings (SSSR count). The Balaban J connectivity index is 2.37. The van der Waals surface area contributed by atoms with Gasteiger partial charge in [-0.3, -0.25) is 4.99 Å².